The number of hydrogen-bond acceptors (Lipinski definition) is 4. The average molecular weight is 303 g/mol. The van der Waals surface area contributed by atoms with E-state index in [1.165, 1.54) is 9.75 Å². The Balaban J connectivity index is 0. The maximum Gasteiger partial charge on any atom is 0.0321 e. The van der Waals surface area contributed by atoms with Crippen LogP contribution in [0.25, 0.3) is 0 Å². The van der Waals surface area contributed by atoms with Crippen LogP contribution in [0.5, 0.6) is 0 Å². The predicted octanol–water partition coefficient (Wildman–Crippen LogP) is 2.85. The van der Waals surface area contributed by atoms with Crippen LogP contribution >= 0.6 is 47.9 Å². The lowest BCUT2D eigenvalue weighted by atomic mass is 10.4. The van der Waals surface area contributed by atoms with Gasteiger partial charge in [-0.05, 0) is 26.2 Å². The molecule has 0 aliphatic rings. The molecule has 0 fully saturated rings. The van der Waals surface area contributed by atoms with Gasteiger partial charge in [-0.1, -0.05) is 0 Å². The first-order valence-corrected chi connectivity index (χ1v) is 6.69. The Morgan fingerprint density at radius 3 is 2.44 bits per heavy atom. The van der Waals surface area contributed by atoms with Crippen LogP contribution in [-0.4, -0.2) is 31.3 Å². The molecule has 1 aromatic rings. The highest BCUT2D eigenvalue weighted by Gasteiger charge is 2.01. The second kappa shape index (κ2) is 10.7. The SMILES string of the molecule is CN(C)Cc1ccc(CSCCN)s1.Cl.Cl. The number of halogens is 2. The van der Waals surface area contributed by atoms with Crippen molar-refractivity contribution in [3.8, 4) is 0 Å². The first-order chi connectivity index (χ1) is 6.72. The van der Waals surface area contributed by atoms with Crippen LogP contribution in [-0.2, 0) is 12.3 Å². The highest BCUT2D eigenvalue weighted by atomic mass is 35.5. The van der Waals surface area contributed by atoms with E-state index in [1.807, 2.05) is 23.1 Å². The molecule has 0 radical (unpaired) electrons. The summed E-state index contributed by atoms with van der Waals surface area (Å²) in [6.07, 6.45) is 0. The van der Waals surface area contributed by atoms with E-state index < -0.39 is 0 Å². The minimum absolute atomic E-state index is 0. The molecule has 1 aromatic heterocycles. The number of hydrogen-bond donors (Lipinski definition) is 1. The third-order valence-corrected chi connectivity index (χ3v) is 3.99. The Kier molecular flexibility index (Phi) is 12.6. The quantitative estimate of drug-likeness (QED) is 0.820. The molecular formula is C10H20Cl2N2S2. The van der Waals surface area contributed by atoms with E-state index in [-0.39, 0.29) is 24.8 Å². The third-order valence-electron chi connectivity index (χ3n) is 1.70. The molecule has 0 aromatic carbocycles. The van der Waals surface area contributed by atoms with E-state index in [4.69, 9.17) is 5.73 Å². The molecule has 1 rings (SSSR count). The van der Waals surface area contributed by atoms with Gasteiger partial charge in [0.05, 0.1) is 0 Å². The van der Waals surface area contributed by atoms with Crippen LogP contribution < -0.4 is 5.73 Å². The molecule has 16 heavy (non-hydrogen) atoms. The van der Waals surface area contributed by atoms with Gasteiger partial charge in [-0.3, -0.25) is 0 Å². The number of nitrogens with two attached hydrogens (primary N) is 1. The molecule has 0 saturated carbocycles. The Bertz CT molecular complexity index is 267. The molecular weight excluding hydrogens is 283 g/mol. The van der Waals surface area contributed by atoms with Crippen LogP contribution in [0.2, 0.25) is 0 Å². The van der Waals surface area contributed by atoms with Crippen molar-refractivity contribution >= 4 is 47.9 Å². The minimum Gasteiger partial charge on any atom is -0.330 e. The fourth-order valence-electron chi connectivity index (χ4n) is 1.15. The molecule has 6 heteroatoms. The van der Waals surface area contributed by atoms with Gasteiger partial charge in [0.25, 0.3) is 0 Å². The molecule has 0 atom stereocenters. The topological polar surface area (TPSA) is 29.3 Å². The highest BCUT2D eigenvalue weighted by Crippen LogP contribution is 2.22. The van der Waals surface area contributed by atoms with E-state index in [0.29, 0.717) is 0 Å². The summed E-state index contributed by atoms with van der Waals surface area (Å²) in [6.45, 7) is 1.83. The molecule has 0 amide bonds. The van der Waals surface area contributed by atoms with Crippen LogP contribution in [0.4, 0.5) is 0 Å². The Hall–Kier alpha value is 0.550. The molecule has 1 heterocycles. The summed E-state index contributed by atoms with van der Waals surface area (Å²) < 4.78 is 0. The molecule has 0 bridgehead atoms. The fourth-order valence-corrected chi connectivity index (χ4v) is 3.18. The van der Waals surface area contributed by atoms with Crippen molar-refractivity contribution in [2.75, 3.05) is 26.4 Å². The van der Waals surface area contributed by atoms with Crippen molar-refractivity contribution < 1.29 is 0 Å². The molecule has 0 aliphatic heterocycles. The van der Waals surface area contributed by atoms with Crippen LogP contribution in [0, 0.1) is 0 Å². The number of thiophene rings is 1. The molecule has 0 saturated heterocycles. The van der Waals surface area contributed by atoms with Crippen molar-refractivity contribution in [3.05, 3.63) is 21.9 Å². The molecule has 96 valence electrons. The molecule has 2 N–H and O–H groups in total. The van der Waals surface area contributed by atoms with Gasteiger partial charge in [-0.2, -0.15) is 11.8 Å². The zero-order valence-corrected chi connectivity index (χ0v) is 12.9. The molecule has 0 spiro atoms. The Morgan fingerprint density at radius 2 is 1.88 bits per heavy atom. The zero-order chi connectivity index (χ0) is 10.4. The van der Waals surface area contributed by atoms with Gasteiger partial charge in [0.1, 0.15) is 0 Å². The van der Waals surface area contributed by atoms with Crippen molar-refractivity contribution in [1.82, 2.24) is 4.90 Å². The lowest BCUT2D eigenvalue weighted by Gasteiger charge is -2.05. The second-order valence-electron chi connectivity index (χ2n) is 3.45. The normalized spacial score (nSPS) is 9.75. The van der Waals surface area contributed by atoms with Gasteiger partial charge < -0.3 is 10.6 Å². The van der Waals surface area contributed by atoms with Gasteiger partial charge in [0, 0.05) is 34.3 Å². The summed E-state index contributed by atoms with van der Waals surface area (Å²) in [6, 6.07) is 4.45. The van der Waals surface area contributed by atoms with Gasteiger partial charge in [0.2, 0.25) is 0 Å². The van der Waals surface area contributed by atoms with Gasteiger partial charge in [0.15, 0.2) is 0 Å². The summed E-state index contributed by atoms with van der Waals surface area (Å²) >= 11 is 3.82. The van der Waals surface area contributed by atoms with Crippen LogP contribution in [0.1, 0.15) is 9.75 Å². The minimum atomic E-state index is 0. The van der Waals surface area contributed by atoms with Crippen LogP contribution in [0.3, 0.4) is 0 Å². The molecule has 2 nitrogen and oxygen atoms in total. The zero-order valence-electron chi connectivity index (χ0n) is 9.64. The highest BCUT2D eigenvalue weighted by molar-refractivity contribution is 7.98. The lowest BCUT2D eigenvalue weighted by molar-refractivity contribution is 0.406. The monoisotopic (exact) mass is 302 g/mol. The first-order valence-electron chi connectivity index (χ1n) is 4.72. The number of nitrogens with zero attached hydrogens (tertiary/aromatic N) is 1. The second-order valence-corrected chi connectivity index (χ2v) is 5.81. The average Bonchev–Trinajstić information content (AvgIpc) is 2.52. The number of thioether (sulfide) groups is 1. The van der Waals surface area contributed by atoms with E-state index in [0.717, 1.165) is 24.6 Å². The van der Waals surface area contributed by atoms with Crippen LogP contribution in [0.15, 0.2) is 12.1 Å². The maximum absolute atomic E-state index is 5.44. The van der Waals surface area contributed by atoms with Gasteiger partial charge >= 0.3 is 0 Å². The van der Waals surface area contributed by atoms with Crippen molar-refractivity contribution in [1.29, 1.82) is 0 Å². The largest absolute Gasteiger partial charge is 0.330 e. The van der Waals surface area contributed by atoms with E-state index in [2.05, 4.69) is 31.1 Å². The summed E-state index contributed by atoms with van der Waals surface area (Å²) in [7, 11) is 4.20. The van der Waals surface area contributed by atoms with Crippen molar-refractivity contribution in [3.63, 3.8) is 0 Å². The Morgan fingerprint density at radius 1 is 1.25 bits per heavy atom. The summed E-state index contributed by atoms with van der Waals surface area (Å²) in [5.74, 6) is 2.16. The summed E-state index contributed by atoms with van der Waals surface area (Å²) in [5.41, 5.74) is 5.44. The molecule has 0 unspecified atom stereocenters. The summed E-state index contributed by atoms with van der Waals surface area (Å²) in [4.78, 5) is 5.10. The van der Waals surface area contributed by atoms with E-state index in [9.17, 15) is 0 Å². The molecule has 0 aliphatic carbocycles. The number of rotatable bonds is 6. The first kappa shape index (κ1) is 18.9. The summed E-state index contributed by atoms with van der Waals surface area (Å²) in [5, 5.41) is 0. The van der Waals surface area contributed by atoms with Gasteiger partial charge in [-0.15, -0.1) is 36.2 Å². The van der Waals surface area contributed by atoms with E-state index >= 15 is 0 Å². The third kappa shape index (κ3) is 7.76. The standard InChI is InChI=1S/C10H18N2S2.2ClH/c1-12(2)7-9-3-4-10(14-9)8-13-6-5-11;;/h3-4H,5-8,11H2,1-2H3;2*1H. The lowest BCUT2D eigenvalue weighted by Crippen LogP contribution is -2.09. The van der Waals surface area contributed by atoms with Gasteiger partial charge in [-0.25, -0.2) is 0 Å². The maximum atomic E-state index is 5.44. The van der Waals surface area contributed by atoms with E-state index in [1.54, 1.807) is 0 Å². The fraction of sp³-hybridized carbons (Fsp3) is 0.600. The van der Waals surface area contributed by atoms with Crippen molar-refractivity contribution in [2.24, 2.45) is 5.73 Å². The predicted molar refractivity (Wildman–Crippen MR) is 81.4 cm³/mol. The Labute approximate surface area is 119 Å². The smallest absolute Gasteiger partial charge is 0.0321 e. The van der Waals surface area contributed by atoms with Crippen molar-refractivity contribution in [2.45, 2.75) is 12.3 Å².